The van der Waals surface area contributed by atoms with Crippen LogP contribution in [0.3, 0.4) is 0 Å². The van der Waals surface area contributed by atoms with E-state index in [4.69, 9.17) is 26.4 Å². The van der Waals surface area contributed by atoms with Crippen LogP contribution in [0.25, 0.3) is 0 Å². The lowest BCUT2D eigenvalue weighted by Gasteiger charge is -2.33. The zero-order chi connectivity index (χ0) is 22.4. The zero-order valence-electron chi connectivity index (χ0n) is 18.2. The number of hydrogen-bond acceptors (Lipinski definition) is 6. The topological polar surface area (TPSA) is 81.2 Å². The molecule has 1 heterocycles. The number of carbonyl (C=O) groups is 1. The third kappa shape index (κ3) is 6.42. The molecule has 0 atom stereocenters. The summed E-state index contributed by atoms with van der Waals surface area (Å²) in [5.41, 5.74) is 6.08. The molecule has 0 spiro atoms. The molecule has 164 valence electrons. The van der Waals surface area contributed by atoms with Crippen LogP contribution in [0.2, 0.25) is 0 Å². The van der Waals surface area contributed by atoms with E-state index in [9.17, 15) is 4.79 Å². The van der Waals surface area contributed by atoms with Crippen molar-refractivity contribution in [3.8, 4) is 11.5 Å². The van der Waals surface area contributed by atoms with E-state index in [0.717, 1.165) is 22.5 Å². The van der Waals surface area contributed by atoms with Gasteiger partial charge in [-0.25, -0.2) is 4.79 Å². The Morgan fingerprint density at radius 2 is 2.06 bits per heavy atom. The van der Waals surface area contributed by atoms with E-state index in [2.05, 4.69) is 15.8 Å². The van der Waals surface area contributed by atoms with Crippen molar-refractivity contribution in [1.82, 2.24) is 5.43 Å². The molecular weight excluding hydrogens is 414 g/mol. The third-order valence-corrected chi connectivity index (χ3v) is 4.67. The first-order chi connectivity index (χ1) is 14.8. The molecule has 0 unspecified atom stereocenters. The largest absolute Gasteiger partial charge is 0.487 e. The molecule has 8 heteroatoms. The number of anilines is 1. The molecule has 2 N–H and O–H groups in total. The van der Waals surface area contributed by atoms with E-state index >= 15 is 0 Å². The van der Waals surface area contributed by atoms with Crippen LogP contribution >= 0.6 is 12.2 Å². The molecule has 0 aromatic heterocycles. The van der Waals surface area contributed by atoms with Gasteiger partial charge in [-0.15, -0.1) is 0 Å². The summed E-state index contributed by atoms with van der Waals surface area (Å²) in [5, 5.41) is 8.06. The lowest BCUT2D eigenvalue weighted by molar-refractivity contribution is -0.145. The highest BCUT2D eigenvalue weighted by atomic mass is 32.1. The summed E-state index contributed by atoms with van der Waals surface area (Å²) in [4.78, 5) is 11.6. The molecule has 0 bridgehead atoms. The summed E-state index contributed by atoms with van der Waals surface area (Å²) in [7, 11) is 0. The van der Waals surface area contributed by atoms with E-state index in [-0.39, 0.29) is 6.61 Å². The fourth-order valence-electron chi connectivity index (χ4n) is 3.19. The van der Waals surface area contributed by atoms with Gasteiger partial charge < -0.3 is 19.5 Å². The number of esters is 1. The Balaban J connectivity index is 1.76. The molecule has 1 aliphatic rings. The third-order valence-electron chi connectivity index (χ3n) is 4.47. The van der Waals surface area contributed by atoms with E-state index in [1.54, 1.807) is 19.1 Å². The molecule has 0 radical (unpaired) electrons. The molecule has 0 fully saturated rings. The van der Waals surface area contributed by atoms with Crippen molar-refractivity contribution in [2.45, 2.75) is 39.7 Å². The zero-order valence-corrected chi connectivity index (χ0v) is 19.0. The van der Waals surface area contributed by atoms with Gasteiger partial charge in [-0.3, -0.25) is 5.43 Å². The summed E-state index contributed by atoms with van der Waals surface area (Å²) in [6, 6.07) is 13.3. The first-order valence-corrected chi connectivity index (χ1v) is 10.5. The van der Waals surface area contributed by atoms with Gasteiger partial charge in [-0.05, 0) is 75.8 Å². The minimum absolute atomic E-state index is 0.159. The smallest absolute Gasteiger partial charge is 0.344 e. The van der Waals surface area contributed by atoms with Crippen molar-refractivity contribution in [1.29, 1.82) is 0 Å². The SMILES string of the molecule is CCOC(=O)COc1ccc2c(c1)/C(=N\NC(=S)Nc1cccc(C)c1)CC(C)(C)O2. The Morgan fingerprint density at radius 3 is 2.81 bits per heavy atom. The van der Waals surface area contributed by atoms with Crippen molar-refractivity contribution in [3.05, 3.63) is 53.6 Å². The average Bonchev–Trinajstić information content (AvgIpc) is 2.70. The van der Waals surface area contributed by atoms with Crippen molar-refractivity contribution in [2.75, 3.05) is 18.5 Å². The molecule has 0 amide bonds. The Labute approximate surface area is 187 Å². The number of nitrogens with one attached hydrogen (secondary N) is 2. The van der Waals surface area contributed by atoms with Crippen molar-refractivity contribution < 1.29 is 19.0 Å². The fraction of sp³-hybridized carbons (Fsp3) is 0.348. The van der Waals surface area contributed by atoms with Gasteiger partial charge in [-0.1, -0.05) is 12.1 Å². The van der Waals surface area contributed by atoms with Gasteiger partial charge in [0.2, 0.25) is 0 Å². The normalized spacial score (nSPS) is 15.4. The predicted octanol–water partition coefficient (Wildman–Crippen LogP) is 4.19. The summed E-state index contributed by atoms with van der Waals surface area (Å²) in [6.45, 7) is 7.93. The lowest BCUT2D eigenvalue weighted by atomic mass is 9.92. The molecule has 7 nitrogen and oxygen atoms in total. The monoisotopic (exact) mass is 441 g/mol. The van der Waals surface area contributed by atoms with Crippen LogP contribution in [0.4, 0.5) is 5.69 Å². The lowest BCUT2D eigenvalue weighted by Crippen LogP contribution is -2.37. The Bertz CT molecular complexity index is 1000. The Hall–Kier alpha value is -3.13. The highest BCUT2D eigenvalue weighted by molar-refractivity contribution is 7.80. The van der Waals surface area contributed by atoms with Gasteiger partial charge in [0.1, 0.15) is 17.1 Å². The quantitative estimate of drug-likeness (QED) is 0.395. The number of ether oxygens (including phenoxy) is 3. The number of thiocarbonyl (C=S) groups is 1. The number of aryl methyl sites for hydroxylation is 1. The highest BCUT2D eigenvalue weighted by Gasteiger charge is 2.31. The average molecular weight is 442 g/mol. The maximum Gasteiger partial charge on any atom is 0.344 e. The van der Waals surface area contributed by atoms with Crippen LogP contribution in [0.15, 0.2) is 47.6 Å². The molecule has 1 aliphatic heterocycles. The van der Waals surface area contributed by atoms with Gasteiger partial charge in [0.15, 0.2) is 11.7 Å². The maximum atomic E-state index is 11.6. The minimum Gasteiger partial charge on any atom is -0.487 e. The number of carbonyl (C=O) groups excluding carboxylic acids is 1. The van der Waals surface area contributed by atoms with E-state index in [0.29, 0.717) is 29.6 Å². The summed E-state index contributed by atoms with van der Waals surface area (Å²) >= 11 is 5.39. The molecular formula is C23H27N3O4S. The Kier molecular flexibility index (Phi) is 7.12. The van der Waals surface area contributed by atoms with Crippen LogP contribution in [0, 0.1) is 6.92 Å². The first-order valence-electron chi connectivity index (χ1n) is 10.1. The standard InChI is InChI=1S/C23H27N3O4S/c1-5-28-21(27)14-29-17-9-10-20-18(12-17)19(13-23(3,4)30-20)25-26-22(31)24-16-8-6-7-15(2)11-16/h6-12H,5,13-14H2,1-4H3,(H2,24,26,31)/b25-19-. The van der Waals surface area contributed by atoms with Gasteiger partial charge in [0.05, 0.1) is 12.3 Å². The molecule has 2 aromatic rings. The predicted molar refractivity (Wildman–Crippen MR) is 125 cm³/mol. The second-order valence-corrected chi connectivity index (χ2v) is 8.19. The molecule has 0 aliphatic carbocycles. The van der Waals surface area contributed by atoms with Crippen LogP contribution in [-0.2, 0) is 9.53 Å². The molecule has 31 heavy (non-hydrogen) atoms. The number of benzene rings is 2. The minimum atomic E-state index is -0.424. The van der Waals surface area contributed by atoms with Gasteiger partial charge >= 0.3 is 5.97 Å². The summed E-state index contributed by atoms with van der Waals surface area (Å²) in [5.74, 6) is 0.807. The van der Waals surface area contributed by atoms with Gasteiger partial charge in [-0.2, -0.15) is 5.10 Å². The second kappa shape index (κ2) is 9.78. The molecule has 0 saturated carbocycles. The van der Waals surface area contributed by atoms with Crippen LogP contribution < -0.4 is 20.2 Å². The summed E-state index contributed by atoms with van der Waals surface area (Å²) in [6.07, 6.45) is 0.571. The van der Waals surface area contributed by atoms with Crippen molar-refractivity contribution in [2.24, 2.45) is 5.10 Å². The maximum absolute atomic E-state index is 11.6. The van der Waals surface area contributed by atoms with Crippen molar-refractivity contribution >= 4 is 34.7 Å². The number of fused-ring (bicyclic) bond motifs is 1. The Morgan fingerprint density at radius 1 is 1.26 bits per heavy atom. The van der Waals surface area contributed by atoms with Gasteiger partial charge in [0, 0.05) is 17.7 Å². The molecule has 0 saturated heterocycles. The van der Waals surface area contributed by atoms with E-state index < -0.39 is 11.6 Å². The first kappa shape index (κ1) is 22.6. The molecule has 2 aromatic carbocycles. The number of nitrogens with zero attached hydrogens (tertiary/aromatic N) is 1. The van der Waals surface area contributed by atoms with Crippen molar-refractivity contribution in [3.63, 3.8) is 0 Å². The molecule has 3 rings (SSSR count). The van der Waals surface area contributed by atoms with Crippen LogP contribution in [0.5, 0.6) is 11.5 Å². The van der Waals surface area contributed by atoms with Crippen LogP contribution in [0.1, 0.15) is 38.3 Å². The van der Waals surface area contributed by atoms with E-state index in [1.807, 2.05) is 51.1 Å². The number of rotatable bonds is 6. The van der Waals surface area contributed by atoms with Gasteiger partial charge in [0.25, 0.3) is 0 Å². The highest BCUT2D eigenvalue weighted by Crippen LogP contribution is 2.35. The van der Waals surface area contributed by atoms with E-state index in [1.165, 1.54) is 0 Å². The van der Waals surface area contributed by atoms with Crippen LogP contribution in [-0.4, -0.2) is 35.6 Å². The second-order valence-electron chi connectivity index (χ2n) is 7.78. The summed E-state index contributed by atoms with van der Waals surface area (Å²) < 4.78 is 16.5. The number of hydrogen-bond donors (Lipinski definition) is 2. The fourth-order valence-corrected chi connectivity index (χ4v) is 3.35. The number of hydrazone groups is 1.